The third-order valence-corrected chi connectivity index (χ3v) is 3.56. The summed E-state index contributed by atoms with van der Waals surface area (Å²) in [6.45, 7) is 6.84. The van der Waals surface area contributed by atoms with Gasteiger partial charge < -0.3 is 5.32 Å². The van der Waals surface area contributed by atoms with Gasteiger partial charge in [-0.3, -0.25) is 9.48 Å². The van der Waals surface area contributed by atoms with Crippen molar-refractivity contribution in [3.05, 3.63) is 51.8 Å². The third kappa shape index (κ3) is 3.02. The van der Waals surface area contributed by atoms with Crippen LogP contribution in [0.1, 0.15) is 34.2 Å². The number of amides is 1. The van der Waals surface area contributed by atoms with Crippen molar-refractivity contribution in [3.8, 4) is 0 Å². The van der Waals surface area contributed by atoms with Crippen LogP contribution in [0.25, 0.3) is 0 Å². The van der Waals surface area contributed by atoms with Gasteiger partial charge in [0.2, 0.25) is 0 Å². The Balaban J connectivity index is 2.13. The highest BCUT2D eigenvalue weighted by Crippen LogP contribution is 2.20. The van der Waals surface area contributed by atoms with Crippen molar-refractivity contribution in [2.24, 2.45) is 0 Å². The Labute approximate surface area is 123 Å². The zero-order valence-electron chi connectivity index (χ0n) is 11.9. The Morgan fingerprint density at radius 1 is 1.40 bits per heavy atom. The van der Waals surface area contributed by atoms with E-state index in [1.807, 2.05) is 38.1 Å². The van der Waals surface area contributed by atoms with Gasteiger partial charge in [0.1, 0.15) is 5.69 Å². The lowest BCUT2D eigenvalue weighted by Gasteiger charge is -2.08. The van der Waals surface area contributed by atoms with Gasteiger partial charge in [0, 0.05) is 13.1 Å². The van der Waals surface area contributed by atoms with E-state index in [0.717, 1.165) is 5.56 Å². The monoisotopic (exact) mass is 291 g/mol. The van der Waals surface area contributed by atoms with E-state index in [2.05, 4.69) is 10.4 Å². The Morgan fingerprint density at radius 3 is 2.80 bits per heavy atom. The minimum Gasteiger partial charge on any atom is -0.347 e. The zero-order chi connectivity index (χ0) is 14.7. The topological polar surface area (TPSA) is 46.9 Å². The van der Waals surface area contributed by atoms with Gasteiger partial charge in [-0.1, -0.05) is 41.4 Å². The van der Waals surface area contributed by atoms with Crippen LogP contribution in [0.4, 0.5) is 0 Å². The first-order valence-corrected chi connectivity index (χ1v) is 6.97. The lowest BCUT2D eigenvalue weighted by atomic mass is 10.1. The largest absolute Gasteiger partial charge is 0.347 e. The molecule has 4 nitrogen and oxygen atoms in total. The van der Waals surface area contributed by atoms with E-state index >= 15 is 0 Å². The van der Waals surface area contributed by atoms with Gasteiger partial charge in [-0.15, -0.1) is 0 Å². The summed E-state index contributed by atoms with van der Waals surface area (Å²) in [4.78, 5) is 12.3. The van der Waals surface area contributed by atoms with Crippen molar-refractivity contribution < 1.29 is 4.79 Å². The summed E-state index contributed by atoms with van der Waals surface area (Å²) in [5.41, 5.74) is 3.34. The Hall–Kier alpha value is -1.81. The van der Waals surface area contributed by atoms with E-state index in [0.29, 0.717) is 29.5 Å². The molecule has 1 N–H and O–H groups in total. The number of hydrogen-bond acceptors (Lipinski definition) is 2. The number of aryl methyl sites for hydroxylation is 3. The van der Waals surface area contributed by atoms with Crippen LogP contribution in [0.5, 0.6) is 0 Å². The molecule has 20 heavy (non-hydrogen) atoms. The molecule has 0 saturated carbocycles. The van der Waals surface area contributed by atoms with Crippen LogP contribution in [-0.2, 0) is 13.1 Å². The number of nitrogens with one attached hydrogen (secondary N) is 1. The maximum Gasteiger partial charge on any atom is 0.271 e. The maximum absolute atomic E-state index is 12.3. The maximum atomic E-state index is 12.3. The van der Waals surface area contributed by atoms with Gasteiger partial charge in [-0.2, -0.15) is 5.10 Å². The molecule has 0 radical (unpaired) electrons. The zero-order valence-corrected chi connectivity index (χ0v) is 12.7. The number of nitrogens with zero attached hydrogens (tertiary/aromatic N) is 2. The van der Waals surface area contributed by atoms with Crippen LogP contribution in [0.2, 0.25) is 5.02 Å². The second kappa shape index (κ2) is 6.09. The number of benzene rings is 1. The molecule has 0 atom stereocenters. The molecule has 0 saturated heterocycles. The van der Waals surface area contributed by atoms with E-state index in [1.165, 1.54) is 5.56 Å². The van der Waals surface area contributed by atoms with Crippen molar-refractivity contribution in [2.45, 2.75) is 33.9 Å². The Bertz CT molecular complexity index is 634. The lowest BCUT2D eigenvalue weighted by Crippen LogP contribution is -2.26. The minimum absolute atomic E-state index is 0.195. The molecule has 0 spiro atoms. The fourth-order valence-electron chi connectivity index (χ4n) is 2.09. The van der Waals surface area contributed by atoms with Crippen LogP contribution >= 0.6 is 11.6 Å². The Morgan fingerprint density at radius 2 is 2.15 bits per heavy atom. The molecule has 0 unspecified atom stereocenters. The molecular formula is C15H18ClN3O. The molecule has 1 aromatic carbocycles. The van der Waals surface area contributed by atoms with Crippen molar-refractivity contribution in [3.63, 3.8) is 0 Å². The molecular weight excluding hydrogens is 274 g/mol. The SMILES string of the molecule is CCn1nc(C)c(Cl)c1C(=O)NCc1cccc(C)c1. The van der Waals surface area contributed by atoms with Crippen molar-refractivity contribution in [1.29, 1.82) is 0 Å². The van der Waals surface area contributed by atoms with Crippen LogP contribution in [0, 0.1) is 13.8 Å². The molecule has 0 fully saturated rings. The fraction of sp³-hybridized carbons (Fsp3) is 0.333. The highest BCUT2D eigenvalue weighted by atomic mass is 35.5. The van der Waals surface area contributed by atoms with E-state index in [1.54, 1.807) is 11.6 Å². The molecule has 1 amide bonds. The van der Waals surface area contributed by atoms with Gasteiger partial charge in [0.05, 0.1) is 10.7 Å². The summed E-state index contributed by atoms with van der Waals surface area (Å²) in [6, 6.07) is 8.03. The normalized spacial score (nSPS) is 10.6. The number of aromatic nitrogens is 2. The summed E-state index contributed by atoms with van der Waals surface area (Å²) in [7, 11) is 0. The molecule has 106 valence electrons. The van der Waals surface area contributed by atoms with Crippen LogP contribution in [0.15, 0.2) is 24.3 Å². The molecule has 5 heteroatoms. The lowest BCUT2D eigenvalue weighted by molar-refractivity contribution is 0.0940. The van der Waals surface area contributed by atoms with Crippen LogP contribution < -0.4 is 5.32 Å². The predicted octanol–water partition coefficient (Wildman–Crippen LogP) is 3.10. The summed E-state index contributed by atoms with van der Waals surface area (Å²) < 4.78 is 1.63. The van der Waals surface area contributed by atoms with Crippen molar-refractivity contribution in [2.75, 3.05) is 0 Å². The average Bonchev–Trinajstić information content (AvgIpc) is 2.72. The second-order valence-electron chi connectivity index (χ2n) is 4.74. The molecule has 1 aromatic heterocycles. The minimum atomic E-state index is -0.195. The summed E-state index contributed by atoms with van der Waals surface area (Å²) in [5.74, 6) is -0.195. The molecule has 2 aromatic rings. The molecule has 0 aliphatic heterocycles. The van der Waals surface area contributed by atoms with Gasteiger partial charge in [-0.25, -0.2) is 0 Å². The first kappa shape index (κ1) is 14.6. The van der Waals surface area contributed by atoms with Gasteiger partial charge in [-0.05, 0) is 26.3 Å². The molecule has 0 bridgehead atoms. The smallest absolute Gasteiger partial charge is 0.271 e. The standard InChI is InChI=1S/C15H18ClN3O/c1-4-19-14(13(16)11(3)18-19)15(20)17-9-12-7-5-6-10(2)8-12/h5-8H,4,9H2,1-3H3,(H,17,20). The van der Waals surface area contributed by atoms with Gasteiger partial charge in [0.25, 0.3) is 5.91 Å². The average molecular weight is 292 g/mol. The predicted molar refractivity (Wildman–Crippen MR) is 80.0 cm³/mol. The van der Waals surface area contributed by atoms with E-state index < -0.39 is 0 Å². The Kier molecular flexibility index (Phi) is 4.45. The highest BCUT2D eigenvalue weighted by molar-refractivity contribution is 6.34. The molecule has 0 aliphatic rings. The van der Waals surface area contributed by atoms with Crippen LogP contribution in [-0.4, -0.2) is 15.7 Å². The quantitative estimate of drug-likeness (QED) is 0.941. The van der Waals surface area contributed by atoms with E-state index in [-0.39, 0.29) is 5.91 Å². The molecule has 1 heterocycles. The van der Waals surface area contributed by atoms with Gasteiger partial charge in [0.15, 0.2) is 0 Å². The first-order valence-electron chi connectivity index (χ1n) is 6.59. The third-order valence-electron chi connectivity index (χ3n) is 3.10. The number of hydrogen-bond donors (Lipinski definition) is 1. The number of halogens is 1. The summed E-state index contributed by atoms with van der Waals surface area (Å²) in [5, 5.41) is 7.55. The van der Waals surface area contributed by atoms with E-state index in [9.17, 15) is 4.79 Å². The van der Waals surface area contributed by atoms with Crippen molar-refractivity contribution >= 4 is 17.5 Å². The number of rotatable bonds is 4. The summed E-state index contributed by atoms with van der Waals surface area (Å²) >= 11 is 6.15. The summed E-state index contributed by atoms with van der Waals surface area (Å²) in [6.07, 6.45) is 0. The first-order chi connectivity index (χ1) is 9.52. The fourth-order valence-corrected chi connectivity index (χ4v) is 2.31. The number of carbonyl (C=O) groups excluding carboxylic acids is 1. The van der Waals surface area contributed by atoms with Gasteiger partial charge >= 0.3 is 0 Å². The highest BCUT2D eigenvalue weighted by Gasteiger charge is 2.19. The second-order valence-corrected chi connectivity index (χ2v) is 5.11. The van der Waals surface area contributed by atoms with E-state index in [4.69, 9.17) is 11.6 Å². The van der Waals surface area contributed by atoms with Crippen molar-refractivity contribution in [1.82, 2.24) is 15.1 Å². The molecule has 0 aliphatic carbocycles. The van der Waals surface area contributed by atoms with Crippen LogP contribution in [0.3, 0.4) is 0 Å². The molecule has 2 rings (SSSR count). The number of carbonyl (C=O) groups is 1.